The highest BCUT2D eigenvalue weighted by Gasteiger charge is 2.10. The lowest BCUT2D eigenvalue weighted by atomic mass is 10.3. The van der Waals surface area contributed by atoms with E-state index in [1.807, 2.05) is 0 Å². The molecule has 2 rings (SSSR count). The van der Waals surface area contributed by atoms with Crippen LogP contribution in [-0.4, -0.2) is 9.19 Å². The van der Waals surface area contributed by atoms with Crippen LogP contribution in [0.3, 0.4) is 0 Å². The third-order valence-electron chi connectivity index (χ3n) is 2.38. The van der Waals surface area contributed by atoms with E-state index in [1.165, 1.54) is 18.3 Å². The minimum atomic E-state index is -1.37. The van der Waals surface area contributed by atoms with Crippen LogP contribution in [0.2, 0.25) is 5.02 Å². The Morgan fingerprint density at radius 1 is 1.39 bits per heavy atom. The van der Waals surface area contributed by atoms with Gasteiger partial charge in [0, 0.05) is 17.3 Å². The summed E-state index contributed by atoms with van der Waals surface area (Å²) in [6.07, 6.45) is 3.06. The Bertz CT molecular complexity index is 606. The molecule has 2 N–H and O–H groups in total. The van der Waals surface area contributed by atoms with Gasteiger partial charge in [0.05, 0.1) is 27.3 Å². The predicted molar refractivity (Wildman–Crippen MR) is 70.2 cm³/mol. The second-order valence-corrected chi connectivity index (χ2v) is 5.50. The Balaban J connectivity index is 2.22. The van der Waals surface area contributed by atoms with E-state index >= 15 is 0 Å². The van der Waals surface area contributed by atoms with Gasteiger partial charge < -0.3 is 5.73 Å². The van der Waals surface area contributed by atoms with Crippen molar-refractivity contribution in [3.8, 4) is 0 Å². The van der Waals surface area contributed by atoms with E-state index in [0.717, 1.165) is 0 Å². The number of aromatic nitrogens is 1. The molecule has 1 heterocycles. The molecule has 6 heteroatoms. The van der Waals surface area contributed by atoms with E-state index in [1.54, 1.807) is 18.3 Å². The van der Waals surface area contributed by atoms with E-state index in [-0.39, 0.29) is 11.4 Å². The first-order valence-corrected chi connectivity index (χ1v) is 6.79. The number of nitrogens with zero attached hydrogens (tertiary/aromatic N) is 1. The smallest absolute Gasteiger partial charge is 0.147 e. The van der Waals surface area contributed by atoms with Gasteiger partial charge in [-0.3, -0.25) is 9.19 Å². The van der Waals surface area contributed by atoms with Gasteiger partial charge in [0.25, 0.3) is 0 Å². The van der Waals surface area contributed by atoms with Gasteiger partial charge in [0.2, 0.25) is 0 Å². The molecule has 1 atom stereocenters. The quantitative estimate of drug-likeness (QED) is 0.882. The molecule has 0 aliphatic carbocycles. The van der Waals surface area contributed by atoms with E-state index < -0.39 is 16.6 Å². The van der Waals surface area contributed by atoms with Crippen molar-refractivity contribution in [1.82, 2.24) is 4.98 Å². The zero-order valence-corrected chi connectivity index (χ0v) is 10.8. The molecular weight excluding hydrogens is 275 g/mol. The van der Waals surface area contributed by atoms with Crippen LogP contribution in [0.5, 0.6) is 0 Å². The van der Waals surface area contributed by atoms with Crippen LogP contribution < -0.4 is 5.73 Å². The lowest BCUT2D eigenvalue weighted by Gasteiger charge is -2.05. The van der Waals surface area contributed by atoms with E-state index in [4.69, 9.17) is 17.3 Å². The van der Waals surface area contributed by atoms with Crippen molar-refractivity contribution in [3.05, 3.63) is 53.1 Å². The molecular formula is C12H10ClFN2OS. The summed E-state index contributed by atoms with van der Waals surface area (Å²) >= 11 is 5.92. The minimum Gasteiger partial charge on any atom is -0.396 e. The Morgan fingerprint density at radius 2 is 2.17 bits per heavy atom. The summed E-state index contributed by atoms with van der Waals surface area (Å²) in [6.45, 7) is 0. The van der Waals surface area contributed by atoms with Gasteiger partial charge in [0.1, 0.15) is 5.82 Å². The lowest BCUT2D eigenvalue weighted by molar-refractivity contribution is 0.627. The van der Waals surface area contributed by atoms with Gasteiger partial charge in [-0.15, -0.1) is 0 Å². The number of benzene rings is 1. The highest BCUT2D eigenvalue weighted by Crippen LogP contribution is 2.20. The number of hydrogen-bond donors (Lipinski definition) is 1. The van der Waals surface area contributed by atoms with Crippen LogP contribution in [-0.2, 0) is 16.6 Å². The molecule has 1 aromatic heterocycles. The van der Waals surface area contributed by atoms with Crippen molar-refractivity contribution >= 4 is 28.1 Å². The number of rotatable bonds is 3. The summed E-state index contributed by atoms with van der Waals surface area (Å²) in [6, 6.07) is 5.81. The Hall–Kier alpha value is -1.46. The molecule has 2 aromatic rings. The minimum absolute atomic E-state index is 0.0395. The Labute approximate surface area is 111 Å². The molecule has 18 heavy (non-hydrogen) atoms. The molecule has 0 spiro atoms. The average molecular weight is 285 g/mol. The third-order valence-corrected chi connectivity index (χ3v) is 4.07. The SMILES string of the molecule is Nc1ccc(S(=O)Cc2ccncc2Cl)cc1F. The summed E-state index contributed by atoms with van der Waals surface area (Å²) in [5.74, 6) is -0.355. The van der Waals surface area contributed by atoms with Gasteiger partial charge in [-0.25, -0.2) is 4.39 Å². The van der Waals surface area contributed by atoms with Crippen LogP contribution >= 0.6 is 11.6 Å². The first-order chi connectivity index (χ1) is 8.58. The predicted octanol–water partition coefficient (Wildman–Crippen LogP) is 2.76. The maximum atomic E-state index is 13.3. The Kier molecular flexibility index (Phi) is 3.93. The van der Waals surface area contributed by atoms with Crippen LogP contribution in [0.25, 0.3) is 0 Å². The van der Waals surface area contributed by atoms with E-state index in [0.29, 0.717) is 15.5 Å². The highest BCUT2D eigenvalue weighted by atomic mass is 35.5. The molecule has 0 radical (unpaired) electrons. The summed E-state index contributed by atoms with van der Waals surface area (Å²) in [7, 11) is -1.37. The normalized spacial score (nSPS) is 12.3. The van der Waals surface area contributed by atoms with Crippen LogP contribution in [0, 0.1) is 5.82 Å². The molecule has 1 unspecified atom stereocenters. The molecule has 3 nitrogen and oxygen atoms in total. The van der Waals surface area contributed by atoms with Gasteiger partial charge in [-0.1, -0.05) is 11.6 Å². The number of anilines is 1. The maximum absolute atomic E-state index is 13.3. The fourth-order valence-corrected chi connectivity index (χ4v) is 2.82. The number of halogens is 2. The zero-order chi connectivity index (χ0) is 13.1. The molecule has 0 amide bonds. The van der Waals surface area contributed by atoms with Crippen molar-refractivity contribution in [2.24, 2.45) is 0 Å². The summed E-state index contributed by atoms with van der Waals surface area (Å²) in [5.41, 5.74) is 6.11. The van der Waals surface area contributed by atoms with E-state index in [9.17, 15) is 8.60 Å². The standard InChI is InChI=1S/C12H10ClFN2OS/c13-10-6-16-4-3-8(10)7-18(17)9-1-2-12(15)11(14)5-9/h1-6H,7,15H2. The average Bonchev–Trinajstić information content (AvgIpc) is 2.35. The number of nitrogens with two attached hydrogens (primary N) is 1. The summed E-state index contributed by atoms with van der Waals surface area (Å²) in [4.78, 5) is 4.23. The van der Waals surface area contributed by atoms with Crippen molar-refractivity contribution in [2.45, 2.75) is 10.6 Å². The van der Waals surface area contributed by atoms with Crippen molar-refractivity contribution in [3.63, 3.8) is 0 Å². The van der Waals surface area contributed by atoms with Gasteiger partial charge in [-0.2, -0.15) is 0 Å². The number of hydrogen-bond acceptors (Lipinski definition) is 3. The lowest BCUT2D eigenvalue weighted by Crippen LogP contribution is -1.99. The van der Waals surface area contributed by atoms with Gasteiger partial charge in [-0.05, 0) is 29.8 Å². The second-order valence-electron chi connectivity index (χ2n) is 3.64. The monoisotopic (exact) mass is 284 g/mol. The van der Waals surface area contributed by atoms with Crippen molar-refractivity contribution in [1.29, 1.82) is 0 Å². The number of pyridine rings is 1. The fraction of sp³-hybridized carbons (Fsp3) is 0.0833. The van der Waals surface area contributed by atoms with Crippen molar-refractivity contribution in [2.75, 3.05) is 5.73 Å². The molecule has 0 fully saturated rings. The zero-order valence-electron chi connectivity index (χ0n) is 9.27. The van der Waals surface area contributed by atoms with Crippen LogP contribution in [0.15, 0.2) is 41.6 Å². The third kappa shape index (κ3) is 2.86. The first kappa shape index (κ1) is 13.0. The van der Waals surface area contributed by atoms with E-state index in [2.05, 4.69) is 4.98 Å². The van der Waals surface area contributed by atoms with Crippen LogP contribution in [0.1, 0.15) is 5.56 Å². The van der Waals surface area contributed by atoms with Gasteiger partial charge >= 0.3 is 0 Å². The summed E-state index contributed by atoms with van der Waals surface area (Å²) < 4.78 is 25.3. The topological polar surface area (TPSA) is 56.0 Å². The Morgan fingerprint density at radius 3 is 2.83 bits per heavy atom. The maximum Gasteiger partial charge on any atom is 0.147 e. The highest BCUT2D eigenvalue weighted by molar-refractivity contribution is 7.84. The summed E-state index contributed by atoms with van der Waals surface area (Å²) in [5, 5.41) is 0.446. The number of nitrogen functional groups attached to an aromatic ring is 1. The molecule has 0 aliphatic heterocycles. The second kappa shape index (κ2) is 5.46. The van der Waals surface area contributed by atoms with Crippen LogP contribution in [0.4, 0.5) is 10.1 Å². The van der Waals surface area contributed by atoms with Crippen molar-refractivity contribution < 1.29 is 8.60 Å². The molecule has 0 saturated heterocycles. The molecule has 0 aliphatic rings. The van der Waals surface area contributed by atoms with Gasteiger partial charge in [0.15, 0.2) is 0 Å². The largest absolute Gasteiger partial charge is 0.396 e. The molecule has 0 bridgehead atoms. The molecule has 1 aromatic carbocycles. The fourth-order valence-electron chi connectivity index (χ4n) is 1.40. The molecule has 94 valence electrons. The first-order valence-electron chi connectivity index (χ1n) is 5.09. The molecule has 0 saturated carbocycles.